The summed E-state index contributed by atoms with van der Waals surface area (Å²) in [6, 6.07) is 0. The summed E-state index contributed by atoms with van der Waals surface area (Å²) in [7, 11) is 0. The molecule has 1 amide bonds. The minimum atomic E-state index is -0.474. The van der Waals surface area contributed by atoms with Crippen LogP contribution in [0.2, 0.25) is 0 Å². The van der Waals surface area contributed by atoms with Crippen molar-refractivity contribution < 1.29 is 9.63 Å². The molecular formula is C6H10ClNO2. The van der Waals surface area contributed by atoms with Crippen LogP contribution in [0.25, 0.3) is 0 Å². The molecule has 0 aromatic carbocycles. The van der Waals surface area contributed by atoms with Crippen LogP contribution in [0, 0.1) is 0 Å². The lowest BCUT2D eigenvalue weighted by molar-refractivity contribution is -0.167. The summed E-state index contributed by atoms with van der Waals surface area (Å²) in [6.07, 6.45) is 0.912. The van der Waals surface area contributed by atoms with E-state index in [9.17, 15) is 4.79 Å². The molecule has 0 spiro atoms. The highest BCUT2D eigenvalue weighted by Crippen LogP contribution is 2.08. The van der Waals surface area contributed by atoms with Crippen molar-refractivity contribution in [2.24, 2.45) is 0 Å². The van der Waals surface area contributed by atoms with Gasteiger partial charge in [-0.25, -0.2) is 5.06 Å². The monoisotopic (exact) mass is 163 g/mol. The minimum Gasteiger partial charge on any atom is -0.271 e. The smallest absolute Gasteiger partial charge is 0.263 e. The predicted octanol–water partition coefficient (Wildman–Crippen LogP) is 0.778. The molecule has 1 saturated heterocycles. The van der Waals surface area contributed by atoms with Gasteiger partial charge in [-0.05, 0) is 13.3 Å². The number of hydrogen-bond donors (Lipinski definition) is 0. The van der Waals surface area contributed by atoms with Crippen molar-refractivity contribution in [1.82, 2.24) is 5.06 Å². The van der Waals surface area contributed by atoms with Crippen molar-refractivity contribution in [2.75, 3.05) is 13.2 Å². The highest BCUT2D eigenvalue weighted by molar-refractivity contribution is 6.30. The predicted molar refractivity (Wildman–Crippen MR) is 37.6 cm³/mol. The second-order valence-electron chi connectivity index (χ2n) is 2.24. The van der Waals surface area contributed by atoms with E-state index in [1.54, 1.807) is 6.92 Å². The summed E-state index contributed by atoms with van der Waals surface area (Å²) in [4.78, 5) is 16.0. The summed E-state index contributed by atoms with van der Waals surface area (Å²) >= 11 is 5.54. The van der Waals surface area contributed by atoms with Crippen molar-refractivity contribution in [3.63, 3.8) is 0 Å². The van der Waals surface area contributed by atoms with Gasteiger partial charge in [0.15, 0.2) is 0 Å². The van der Waals surface area contributed by atoms with E-state index >= 15 is 0 Å². The molecule has 0 radical (unpaired) electrons. The van der Waals surface area contributed by atoms with Gasteiger partial charge in [-0.2, -0.15) is 0 Å². The Labute approximate surface area is 64.9 Å². The van der Waals surface area contributed by atoms with Crippen molar-refractivity contribution >= 4 is 17.5 Å². The van der Waals surface area contributed by atoms with Gasteiger partial charge in [-0.15, -0.1) is 11.6 Å². The van der Waals surface area contributed by atoms with E-state index in [-0.39, 0.29) is 5.91 Å². The lowest BCUT2D eigenvalue weighted by Gasteiger charge is -2.14. The highest BCUT2D eigenvalue weighted by atomic mass is 35.5. The molecule has 58 valence electrons. The Morgan fingerprint density at radius 2 is 2.50 bits per heavy atom. The Bertz CT molecular complexity index is 132. The van der Waals surface area contributed by atoms with Crippen LogP contribution >= 0.6 is 11.6 Å². The molecule has 0 aliphatic carbocycles. The Kier molecular flexibility index (Phi) is 2.51. The molecule has 1 aliphatic rings. The fraction of sp³-hybridized carbons (Fsp3) is 0.833. The number of carbonyl (C=O) groups excluding carboxylic acids is 1. The zero-order valence-electron chi connectivity index (χ0n) is 5.84. The molecule has 3 nitrogen and oxygen atoms in total. The van der Waals surface area contributed by atoms with Gasteiger partial charge in [0.2, 0.25) is 0 Å². The first kappa shape index (κ1) is 7.82. The van der Waals surface area contributed by atoms with Crippen molar-refractivity contribution in [1.29, 1.82) is 0 Å². The molecule has 1 fully saturated rings. The Morgan fingerprint density at radius 1 is 1.80 bits per heavy atom. The molecule has 4 heteroatoms. The number of hydrogen-bond acceptors (Lipinski definition) is 2. The molecular weight excluding hydrogens is 154 g/mol. The third-order valence-corrected chi connectivity index (χ3v) is 1.53. The first-order valence-corrected chi connectivity index (χ1v) is 3.74. The number of rotatable bonds is 1. The van der Waals surface area contributed by atoms with Crippen LogP contribution in [0.3, 0.4) is 0 Å². The van der Waals surface area contributed by atoms with E-state index in [1.807, 2.05) is 0 Å². The molecule has 0 N–H and O–H groups in total. The zero-order chi connectivity index (χ0) is 7.56. The van der Waals surface area contributed by atoms with Crippen LogP contribution in [0.15, 0.2) is 0 Å². The summed E-state index contributed by atoms with van der Waals surface area (Å²) in [5.41, 5.74) is 0. The molecule has 0 saturated carbocycles. The SMILES string of the molecule is CC(Cl)C(=O)N1CCCO1. The number of amides is 1. The van der Waals surface area contributed by atoms with Crippen LogP contribution in [0.1, 0.15) is 13.3 Å². The maximum absolute atomic E-state index is 11.0. The first-order valence-electron chi connectivity index (χ1n) is 3.30. The molecule has 1 atom stereocenters. The maximum atomic E-state index is 11.0. The van der Waals surface area contributed by atoms with Crippen molar-refractivity contribution in [2.45, 2.75) is 18.7 Å². The van der Waals surface area contributed by atoms with Gasteiger partial charge in [0.05, 0.1) is 13.2 Å². The van der Waals surface area contributed by atoms with Crippen molar-refractivity contribution in [3.8, 4) is 0 Å². The Morgan fingerprint density at radius 3 is 2.90 bits per heavy atom. The largest absolute Gasteiger partial charge is 0.271 e. The fourth-order valence-corrected chi connectivity index (χ4v) is 0.929. The standard InChI is InChI=1S/C6H10ClNO2/c1-5(7)6(9)8-3-2-4-10-8/h5H,2-4H2,1H3. The normalized spacial score (nSPS) is 21.2. The topological polar surface area (TPSA) is 29.5 Å². The minimum absolute atomic E-state index is 0.140. The van der Waals surface area contributed by atoms with Crippen molar-refractivity contribution in [3.05, 3.63) is 0 Å². The quantitative estimate of drug-likeness (QED) is 0.535. The molecule has 1 heterocycles. The third kappa shape index (κ3) is 1.61. The summed E-state index contributed by atoms with van der Waals surface area (Å²) < 4.78 is 0. The van der Waals surface area contributed by atoms with E-state index in [2.05, 4.69) is 0 Å². The van der Waals surface area contributed by atoms with E-state index in [0.717, 1.165) is 6.42 Å². The van der Waals surface area contributed by atoms with Gasteiger partial charge in [-0.3, -0.25) is 9.63 Å². The van der Waals surface area contributed by atoms with Crippen LogP contribution in [0.4, 0.5) is 0 Å². The van der Waals surface area contributed by atoms with Gasteiger partial charge in [0.25, 0.3) is 5.91 Å². The first-order chi connectivity index (χ1) is 4.72. The molecule has 1 rings (SSSR count). The Balaban J connectivity index is 2.40. The zero-order valence-corrected chi connectivity index (χ0v) is 6.60. The number of nitrogens with zero attached hydrogens (tertiary/aromatic N) is 1. The number of carbonyl (C=O) groups is 1. The number of hydroxylamine groups is 2. The second-order valence-corrected chi connectivity index (χ2v) is 2.90. The lowest BCUT2D eigenvalue weighted by Crippen LogP contribution is -2.31. The average molecular weight is 164 g/mol. The molecule has 1 unspecified atom stereocenters. The van der Waals surface area contributed by atoms with Gasteiger partial charge in [-0.1, -0.05) is 0 Å². The van der Waals surface area contributed by atoms with E-state index < -0.39 is 5.38 Å². The molecule has 10 heavy (non-hydrogen) atoms. The molecule has 1 aliphatic heterocycles. The van der Waals surface area contributed by atoms with E-state index in [1.165, 1.54) is 5.06 Å². The van der Waals surface area contributed by atoms with Gasteiger partial charge in [0, 0.05) is 0 Å². The summed E-state index contributed by atoms with van der Waals surface area (Å²) in [6.45, 7) is 2.96. The van der Waals surface area contributed by atoms with E-state index in [0.29, 0.717) is 13.2 Å². The molecule has 0 aromatic rings. The third-order valence-electron chi connectivity index (χ3n) is 1.34. The number of halogens is 1. The van der Waals surface area contributed by atoms with Gasteiger partial charge in [0.1, 0.15) is 5.38 Å². The van der Waals surface area contributed by atoms with E-state index in [4.69, 9.17) is 16.4 Å². The molecule has 0 aromatic heterocycles. The van der Waals surface area contributed by atoms with Crippen LogP contribution in [-0.2, 0) is 9.63 Å². The van der Waals surface area contributed by atoms with Crippen LogP contribution in [0.5, 0.6) is 0 Å². The average Bonchev–Trinajstić information content (AvgIpc) is 2.36. The molecule has 0 bridgehead atoms. The van der Waals surface area contributed by atoms with Gasteiger partial charge >= 0.3 is 0 Å². The van der Waals surface area contributed by atoms with Crippen LogP contribution in [-0.4, -0.2) is 29.5 Å². The number of alkyl halides is 1. The maximum Gasteiger partial charge on any atom is 0.263 e. The van der Waals surface area contributed by atoms with Crippen LogP contribution < -0.4 is 0 Å². The summed E-state index contributed by atoms with van der Waals surface area (Å²) in [5, 5.41) is 0.857. The highest BCUT2D eigenvalue weighted by Gasteiger charge is 2.22. The fourth-order valence-electron chi connectivity index (χ4n) is 0.820. The second kappa shape index (κ2) is 3.21. The van der Waals surface area contributed by atoms with Gasteiger partial charge < -0.3 is 0 Å². The Hall–Kier alpha value is -0.280. The lowest BCUT2D eigenvalue weighted by atomic mass is 10.4. The summed E-state index contributed by atoms with van der Waals surface area (Å²) in [5.74, 6) is -0.140.